The number of nitrogens with one attached hydrogen (secondary N) is 1. The number of primary amides is 1. The van der Waals surface area contributed by atoms with Gasteiger partial charge in [-0.2, -0.15) is 0 Å². The van der Waals surface area contributed by atoms with Crippen molar-refractivity contribution in [3.63, 3.8) is 0 Å². The zero-order chi connectivity index (χ0) is 20.1. The van der Waals surface area contributed by atoms with Gasteiger partial charge in [-0.15, -0.1) is 0 Å². The summed E-state index contributed by atoms with van der Waals surface area (Å²) in [5.41, 5.74) is 5.60. The number of amides is 1. The van der Waals surface area contributed by atoms with Gasteiger partial charge in [-0.1, -0.05) is 49.7 Å². The predicted molar refractivity (Wildman–Crippen MR) is 110 cm³/mol. The summed E-state index contributed by atoms with van der Waals surface area (Å²) in [6.45, 7) is 2.64. The number of hydrogen-bond acceptors (Lipinski definition) is 4. The topological polar surface area (TPSA) is 98.5 Å². The SMILES string of the molecule is CCCCOc1ccc(S(=O)(=O)Nc2ccccc2C(N)=O)c2ccccc12. The Morgan fingerprint density at radius 1 is 1.00 bits per heavy atom. The van der Waals surface area contributed by atoms with Crippen LogP contribution in [0.3, 0.4) is 0 Å². The Balaban J connectivity index is 2.03. The maximum atomic E-state index is 13.1. The van der Waals surface area contributed by atoms with Crippen molar-refractivity contribution in [2.24, 2.45) is 5.73 Å². The van der Waals surface area contributed by atoms with Crippen molar-refractivity contribution in [1.29, 1.82) is 0 Å². The number of fused-ring (bicyclic) bond motifs is 1. The Labute approximate surface area is 164 Å². The molecule has 0 atom stereocenters. The summed E-state index contributed by atoms with van der Waals surface area (Å²) < 4.78 is 34.4. The van der Waals surface area contributed by atoms with Crippen molar-refractivity contribution in [3.8, 4) is 5.75 Å². The second-order valence-corrected chi connectivity index (χ2v) is 7.98. The van der Waals surface area contributed by atoms with Crippen LogP contribution in [0, 0.1) is 0 Å². The van der Waals surface area contributed by atoms with Gasteiger partial charge in [0.15, 0.2) is 0 Å². The first-order chi connectivity index (χ1) is 13.4. The fraction of sp³-hybridized carbons (Fsp3) is 0.190. The van der Waals surface area contributed by atoms with Crippen molar-refractivity contribution in [1.82, 2.24) is 0 Å². The summed E-state index contributed by atoms with van der Waals surface area (Å²) in [6, 6.07) is 16.6. The number of benzene rings is 3. The Bertz CT molecular complexity index is 1110. The Morgan fingerprint density at radius 2 is 1.68 bits per heavy atom. The molecule has 0 fully saturated rings. The molecule has 0 aliphatic carbocycles. The van der Waals surface area contributed by atoms with Crippen LogP contribution < -0.4 is 15.2 Å². The highest BCUT2D eigenvalue weighted by molar-refractivity contribution is 7.93. The van der Waals surface area contributed by atoms with Gasteiger partial charge < -0.3 is 10.5 Å². The molecule has 3 aromatic carbocycles. The van der Waals surface area contributed by atoms with E-state index in [1.165, 1.54) is 18.2 Å². The van der Waals surface area contributed by atoms with Crippen LogP contribution in [0.2, 0.25) is 0 Å². The molecule has 0 radical (unpaired) electrons. The van der Waals surface area contributed by atoms with Gasteiger partial charge >= 0.3 is 0 Å². The number of carbonyl (C=O) groups is 1. The van der Waals surface area contributed by atoms with E-state index < -0.39 is 15.9 Å². The highest BCUT2D eigenvalue weighted by Gasteiger charge is 2.21. The van der Waals surface area contributed by atoms with Gasteiger partial charge in [-0.3, -0.25) is 9.52 Å². The molecule has 1 amide bonds. The average Bonchev–Trinajstić information content (AvgIpc) is 2.68. The van der Waals surface area contributed by atoms with E-state index in [1.54, 1.807) is 30.3 Å². The van der Waals surface area contributed by atoms with Crippen LogP contribution in [0.5, 0.6) is 5.75 Å². The molecule has 28 heavy (non-hydrogen) atoms. The number of unbranched alkanes of at least 4 members (excludes halogenated alkanes) is 1. The van der Waals surface area contributed by atoms with Crippen molar-refractivity contribution in [2.75, 3.05) is 11.3 Å². The lowest BCUT2D eigenvalue weighted by molar-refractivity contribution is 0.100. The summed E-state index contributed by atoms with van der Waals surface area (Å²) in [4.78, 5) is 11.7. The summed E-state index contributed by atoms with van der Waals surface area (Å²) in [7, 11) is -3.95. The second-order valence-electron chi connectivity index (χ2n) is 6.32. The molecule has 0 aliphatic heterocycles. The van der Waals surface area contributed by atoms with E-state index in [1.807, 2.05) is 12.1 Å². The molecule has 7 heteroatoms. The van der Waals surface area contributed by atoms with E-state index in [9.17, 15) is 13.2 Å². The Hall–Kier alpha value is -3.06. The third kappa shape index (κ3) is 4.09. The normalized spacial score (nSPS) is 11.3. The van der Waals surface area contributed by atoms with Crippen LogP contribution in [0.15, 0.2) is 65.6 Å². The van der Waals surface area contributed by atoms with Crippen molar-refractivity contribution < 1.29 is 17.9 Å². The van der Waals surface area contributed by atoms with Crippen LogP contribution in [0.25, 0.3) is 10.8 Å². The summed E-state index contributed by atoms with van der Waals surface area (Å²) >= 11 is 0. The van der Waals surface area contributed by atoms with E-state index in [-0.39, 0.29) is 16.1 Å². The van der Waals surface area contributed by atoms with Crippen molar-refractivity contribution >= 4 is 32.4 Å². The van der Waals surface area contributed by atoms with Crippen LogP contribution in [-0.2, 0) is 10.0 Å². The summed E-state index contributed by atoms with van der Waals surface area (Å²) in [5.74, 6) is -0.0663. The highest BCUT2D eigenvalue weighted by Crippen LogP contribution is 2.32. The number of ether oxygens (including phenoxy) is 1. The molecule has 6 nitrogen and oxygen atoms in total. The second kappa shape index (κ2) is 8.31. The Morgan fingerprint density at radius 3 is 2.39 bits per heavy atom. The number of hydrogen-bond donors (Lipinski definition) is 2. The predicted octanol–water partition coefficient (Wildman–Crippen LogP) is 3.92. The van der Waals surface area contributed by atoms with Crippen LogP contribution in [0.4, 0.5) is 5.69 Å². The number of nitrogens with two attached hydrogens (primary N) is 1. The van der Waals surface area contributed by atoms with E-state index in [0.29, 0.717) is 23.1 Å². The molecule has 0 bridgehead atoms. The molecule has 3 N–H and O–H groups in total. The average molecular weight is 398 g/mol. The monoisotopic (exact) mass is 398 g/mol. The molecular formula is C21H22N2O4S. The standard InChI is InChI=1S/C21H22N2O4S/c1-2-3-14-27-19-12-13-20(16-9-5-4-8-15(16)19)28(25,26)23-18-11-7-6-10-17(18)21(22)24/h4-13,23H,2-3,14H2,1H3,(H2,22,24). The van der Waals surface area contributed by atoms with E-state index in [4.69, 9.17) is 10.5 Å². The molecule has 146 valence electrons. The van der Waals surface area contributed by atoms with Gasteiger partial charge in [0.05, 0.1) is 22.8 Å². The maximum Gasteiger partial charge on any atom is 0.262 e. The zero-order valence-electron chi connectivity index (χ0n) is 15.5. The zero-order valence-corrected chi connectivity index (χ0v) is 16.3. The fourth-order valence-electron chi connectivity index (χ4n) is 2.92. The van der Waals surface area contributed by atoms with Gasteiger partial charge in [0, 0.05) is 10.8 Å². The fourth-order valence-corrected chi connectivity index (χ4v) is 4.21. The number of carbonyl (C=O) groups excluding carboxylic acids is 1. The van der Waals surface area contributed by atoms with Gasteiger partial charge in [-0.25, -0.2) is 8.42 Å². The first-order valence-electron chi connectivity index (χ1n) is 9.00. The minimum absolute atomic E-state index is 0.102. The lowest BCUT2D eigenvalue weighted by Crippen LogP contribution is -2.18. The van der Waals surface area contributed by atoms with E-state index in [2.05, 4.69) is 11.6 Å². The quantitative estimate of drug-likeness (QED) is 0.562. The molecule has 0 heterocycles. The first-order valence-corrected chi connectivity index (χ1v) is 10.5. The largest absolute Gasteiger partial charge is 0.493 e. The lowest BCUT2D eigenvalue weighted by Gasteiger charge is -2.15. The molecule has 0 aliphatic rings. The maximum absolute atomic E-state index is 13.1. The molecule has 3 aromatic rings. The molecule has 0 spiro atoms. The smallest absolute Gasteiger partial charge is 0.262 e. The molecule has 0 saturated heterocycles. The van der Waals surface area contributed by atoms with Crippen LogP contribution in [0.1, 0.15) is 30.1 Å². The number of sulfonamides is 1. The Kier molecular flexibility index (Phi) is 5.84. The van der Waals surface area contributed by atoms with Gasteiger partial charge in [0.1, 0.15) is 5.75 Å². The van der Waals surface area contributed by atoms with Gasteiger partial charge in [0.25, 0.3) is 15.9 Å². The third-order valence-corrected chi connectivity index (χ3v) is 5.75. The molecule has 3 rings (SSSR count). The van der Waals surface area contributed by atoms with E-state index >= 15 is 0 Å². The number of para-hydroxylation sites is 1. The molecule has 0 saturated carbocycles. The van der Waals surface area contributed by atoms with Gasteiger partial charge in [0.2, 0.25) is 0 Å². The third-order valence-electron chi connectivity index (χ3n) is 4.33. The van der Waals surface area contributed by atoms with Crippen molar-refractivity contribution in [2.45, 2.75) is 24.7 Å². The minimum Gasteiger partial charge on any atom is -0.493 e. The van der Waals surface area contributed by atoms with Crippen LogP contribution in [-0.4, -0.2) is 20.9 Å². The highest BCUT2D eigenvalue weighted by atomic mass is 32.2. The number of anilines is 1. The lowest BCUT2D eigenvalue weighted by atomic mass is 10.1. The molecule has 0 aromatic heterocycles. The van der Waals surface area contributed by atoms with E-state index in [0.717, 1.165) is 12.8 Å². The summed E-state index contributed by atoms with van der Waals surface area (Å²) in [5, 5.41) is 1.25. The minimum atomic E-state index is -3.95. The summed E-state index contributed by atoms with van der Waals surface area (Å²) in [6.07, 6.45) is 1.92. The van der Waals surface area contributed by atoms with Crippen molar-refractivity contribution in [3.05, 3.63) is 66.2 Å². The molecular weight excluding hydrogens is 376 g/mol. The first kappa shape index (κ1) is 19.7. The van der Waals surface area contributed by atoms with Gasteiger partial charge in [-0.05, 0) is 30.7 Å². The van der Waals surface area contributed by atoms with Crippen LogP contribution >= 0.6 is 0 Å². The number of rotatable bonds is 8. The molecule has 0 unspecified atom stereocenters.